The van der Waals surface area contributed by atoms with Gasteiger partial charge in [0, 0.05) is 52.3 Å². The molecule has 1 aliphatic heterocycles. The zero-order valence-corrected chi connectivity index (χ0v) is 24.5. The molecule has 1 amide bonds. The molecule has 1 atom stereocenters. The Morgan fingerprint density at radius 1 is 1.14 bits per heavy atom. The van der Waals surface area contributed by atoms with Gasteiger partial charge in [0.25, 0.3) is 0 Å². The molecule has 7 rings (SSSR count). The van der Waals surface area contributed by atoms with E-state index in [1.807, 2.05) is 59.0 Å². The first-order valence-electron chi connectivity index (χ1n) is 13.6. The van der Waals surface area contributed by atoms with Crippen LogP contribution >= 0.6 is 11.3 Å². The Bertz CT molecular complexity index is 2090. The Balaban J connectivity index is 1.52. The van der Waals surface area contributed by atoms with Gasteiger partial charge in [-0.3, -0.25) is 14.2 Å². The van der Waals surface area contributed by atoms with Gasteiger partial charge < -0.3 is 9.64 Å². The highest BCUT2D eigenvalue weighted by Gasteiger charge is 2.30. The van der Waals surface area contributed by atoms with E-state index in [4.69, 9.17) is 14.8 Å². The van der Waals surface area contributed by atoms with E-state index in [-0.39, 0.29) is 23.3 Å². The average Bonchev–Trinajstić information content (AvgIpc) is 3.74. The van der Waals surface area contributed by atoms with Gasteiger partial charge in [-0.2, -0.15) is 10.2 Å². The lowest BCUT2D eigenvalue weighted by atomic mass is 9.96. The molecule has 4 aromatic heterocycles. The molecule has 5 heterocycles. The molecule has 6 aromatic rings. The van der Waals surface area contributed by atoms with Crippen molar-refractivity contribution < 1.29 is 18.3 Å². The fraction of sp³-hybridized carbons (Fsp3) is 0.188. The molecular formula is C32H26F2N6O2S. The van der Waals surface area contributed by atoms with Crippen molar-refractivity contribution in [3.05, 3.63) is 84.0 Å². The van der Waals surface area contributed by atoms with Crippen LogP contribution in [0.5, 0.6) is 5.75 Å². The first kappa shape index (κ1) is 27.0. The van der Waals surface area contributed by atoms with Gasteiger partial charge in [0.05, 0.1) is 48.4 Å². The molecule has 0 bridgehead atoms. The number of hydrogen-bond acceptors (Lipinski definition) is 6. The molecule has 43 heavy (non-hydrogen) atoms. The van der Waals surface area contributed by atoms with Gasteiger partial charge in [0.2, 0.25) is 5.91 Å². The molecule has 0 fully saturated rings. The van der Waals surface area contributed by atoms with Crippen LogP contribution in [-0.4, -0.2) is 49.0 Å². The van der Waals surface area contributed by atoms with Crippen molar-refractivity contribution in [2.24, 2.45) is 7.05 Å². The topological polar surface area (TPSA) is 78.1 Å². The van der Waals surface area contributed by atoms with Crippen molar-refractivity contribution >= 4 is 38.2 Å². The largest absolute Gasteiger partial charge is 0.496 e. The minimum Gasteiger partial charge on any atom is -0.496 e. The number of aromatic nitrogens is 5. The fourth-order valence-corrected chi connectivity index (χ4v) is 6.88. The SMILES string of the molecule is C=CC(=O)N1Cc2cc(-c3nc(-c4ccc5c(cnn5C)c4)c4ccsc4c3-c3c(F)cc(F)cc3OC)nn2[C@@H](C)C1. The smallest absolute Gasteiger partial charge is 0.246 e. The minimum atomic E-state index is -0.765. The number of rotatable bonds is 5. The van der Waals surface area contributed by atoms with Gasteiger partial charge in [0.1, 0.15) is 28.8 Å². The van der Waals surface area contributed by atoms with Crippen LogP contribution in [0.15, 0.2) is 66.7 Å². The summed E-state index contributed by atoms with van der Waals surface area (Å²) < 4.78 is 40.0. The Morgan fingerprint density at radius 2 is 1.98 bits per heavy atom. The third kappa shape index (κ3) is 4.30. The molecule has 8 nitrogen and oxygen atoms in total. The number of nitrogens with zero attached hydrogens (tertiary/aromatic N) is 6. The molecule has 11 heteroatoms. The molecule has 0 aliphatic carbocycles. The number of amides is 1. The summed E-state index contributed by atoms with van der Waals surface area (Å²) in [6.07, 6.45) is 3.11. The number of halogens is 2. The molecule has 0 spiro atoms. The maximum absolute atomic E-state index is 15.8. The summed E-state index contributed by atoms with van der Waals surface area (Å²) >= 11 is 1.44. The Labute approximate surface area is 249 Å². The molecule has 0 saturated carbocycles. The second kappa shape index (κ2) is 10.1. The van der Waals surface area contributed by atoms with Crippen molar-refractivity contribution in [1.29, 1.82) is 0 Å². The molecule has 0 radical (unpaired) electrons. The highest BCUT2D eigenvalue weighted by Crippen LogP contribution is 2.47. The summed E-state index contributed by atoms with van der Waals surface area (Å²) in [4.78, 5) is 19.3. The summed E-state index contributed by atoms with van der Waals surface area (Å²) in [5, 5.41) is 13.0. The number of hydrogen-bond donors (Lipinski definition) is 0. The summed E-state index contributed by atoms with van der Waals surface area (Å²) in [5.41, 5.74) is 4.86. The summed E-state index contributed by atoms with van der Waals surface area (Å²) in [6.45, 7) is 6.43. The van der Waals surface area contributed by atoms with E-state index >= 15 is 4.39 Å². The number of aryl methyl sites for hydroxylation is 1. The lowest BCUT2D eigenvalue weighted by Gasteiger charge is -2.31. The number of carbonyl (C=O) groups excluding carboxylic acids is 1. The van der Waals surface area contributed by atoms with Gasteiger partial charge in [-0.1, -0.05) is 12.6 Å². The van der Waals surface area contributed by atoms with Crippen molar-refractivity contribution in [2.45, 2.75) is 19.5 Å². The molecular weight excluding hydrogens is 570 g/mol. The summed E-state index contributed by atoms with van der Waals surface area (Å²) in [7, 11) is 3.27. The van der Waals surface area contributed by atoms with Crippen LogP contribution in [0.1, 0.15) is 18.7 Å². The molecule has 0 saturated heterocycles. The number of benzene rings is 2. The van der Waals surface area contributed by atoms with Crippen LogP contribution in [0.25, 0.3) is 54.8 Å². The maximum atomic E-state index is 15.8. The predicted octanol–water partition coefficient (Wildman–Crippen LogP) is 6.76. The lowest BCUT2D eigenvalue weighted by molar-refractivity contribution is -0.127. The monoisotopic (exact) mass is 596 g/mol. The van der Waals surface area contributed by atoms with E-state index in [0.29, 0.717) is 35.7 Å². The predicted molar refractivity (Wildman–Crippen MR) is 163 cm³/mol. The van der Waals surface area contributed by atoms with Gasteiger partial charge in [-0.25, -0.2) is 13.8 Å². The molecule has 1 aliphatic rings. The first-order chi connectivity index (χ1) is 20.8. The van der Waals surface area contributed by atoms with Gasteiger partial charge in [-0.05, 0) is 42.6 Å². The maximum Gasteiger partial charge on any atom is 0.246 e. The van der Waals surface area contributed by atoms with Crippen LogP contribution in [0.2, 0.25) is 0 Å². The number of ether oxygens (including phenoxy) is 1. The van der Waals surface area contributed by atoms with E-state index in [9.17, 15) is 9.18 Å². The molecule has 216 valence electrons. The normalized spacial score (nSPS) is 14.8. The average molecular weight is 597 g/mol. The number of thiophene rings is 1. The Hall–Kier alpha value is -4.90. The highest BCUT2D eigenvalue weighted by atomic mass is 32.1. The number of pyridine rings is 1. The highest BCUT2D eigenvalue weighted by molar-refractivity contribution is 7.18. The van der Waals surface area contributed by atoms with Crippen LogP contribution in [-0.2, 0) is 18.4 Å². The zero-order chi connectivity index (χ0) is 30.0. The quantitative estimate of drug-likeness (QED) is 0.206. The second-order valence-corrected chi connectivity index (χ2v) is 11.5. The summed E-state index contributed by atoms with van der Waals surface area (Å²) in [6, 6.07) is 11.8. The zero-order valence-electron chi connectivity index (χ0n) is 23.6. The number of fused-ring (bicyclic) bond motifs is 3. The molecule has 0 unspecified atom stereocenters. The van der Waals surface area contributed by atoms with Crippen molar-refractivity contribution in [3.63, 3.8) is 0 Å². The van der Waals surface area contributed by atoms with E-state index in [1.165, 1.54) is 30.6 Å². The first-order valence-corrected chi connectivity index (χ1v) is 14.5. The number of carbonyl (C=O) groups is 1. The van der Waals surface area contributed by atoms with Crippen molar-refractivity contribution in [2.75, 3.05) is 13.7 Å². The van der Waals surface area contributed by atoms with Crippen LogP contribution in [0, 0.1) is 11.6 Å². The third-order valence-corrected chi connectivity index (χ3v) is 8.85. The van der Waals surface area contributed by atoms with E-state index in [0.717, 1.165) is 38.3 Å². The van der Waals surface area contributed by atoms with E-state index in [1.54, 1.807) is 11.1 Å². The second-order valence-electron chi connectivity index (χ2n) is 10.6. The van der Waals surface area contributed by atoms with E-state index < -0.39 is 11.6 Å². The summed E-state index contributed by atoms with van der Waals surface area (Å²) in [5.74, 6) is -1.61. The van der Waals surface area contributed by atoms with Crippen LogP contribution < -0.4 is 4.74 Å². The fourth-order valence-electron chi connectivity index (χ4n) is 5.93. The van der Waals surface area contributed by atoms with Crippen molar-refractivity contribution in [1.82, 2.24) is 29.4 Å². The lowest BCUT2D eigenvalue weighted by Crippen LogP contribution is -2.39. The van der Waals surface area contributed by atoms with E-state index in [2.05, 4.69) is 11.7 Å². The molecule has 0 N–H and O–H groups in total. The van der Waals surface area contributed by atoms with Gasteiger partial charge in [0.15, 0.2) is 0 Å². The minimum absolute atomic E-state index is 0.0554. The standard InChI is InChI=1S/C32H26F2N6O2S/c1-5-27(41)39-15-17(2)40-21(16-39)13-24(37-40)31-29(28-23(34)11-20(33)12-26(28)42-4)32-22(8-9-43-32)30(36-31)18-6-7-25-19(10-18)14-35-38(25)3/h5-14,17H,1,15-16H2,2-4H3/t17-/m0/s1. The Morgan fingerprint density at radius 3 is 2.77 bits per heavy atom. The number of methoxy groups -OCH3 is 1. The van der Waals surface area contributed by atoms with Crippen LogP contribution in [0.3, 0.4) is 0 Å². The van der Waals surface area contributed by atoms with Gasteiger partial charge in [-0.15, -0.1) is 11.3 Å². The van der Waals surface area contributed by atoms with Crippen molar-refractivity contribution in [3.8, 4) is 39.5 Å². The molecule has 2 aromatic carbocycles. The third-order valence-electron chi connectivity index (χ3n) is 7.91. The van der Waals surface area contributed by atoms with Crippen LogP contribution in [0.4, 0.5) is 8.78 Å². The Kier molecular flexibility index (Phi) is 6.35. The van der Waals surface area contributed by atoms with Gasteiger partial charge >= 0.3 is 0 Å².